The van der Waals surface area contributed by atoms with E-state index in [9.17, 15) is 0 Å². The van der Waals surface area contributed by atoms with Crippen LogP contribution in [0.5, 0.6) is 0 Å². The molecule has 0 bridgehead atoms. The Hall–Kier alpha value is -2.38. The monoisotopic (exact) mass is 220 g/mol. The number of rotatable bonds is 0. The Morgan fingerprint density at radius 3 is 1.06 bits per heavy atom. The van der Waals surface area contributed by atoms with E-state index >= 15 is 0 Å². The normalized spacial score (nSPS) is 24.5. The molecule has 8 heteroatoms. The minimum absolute atomic E-state index is 0.756. The molecule has 4 aliphatic heterocycles. The van der Waals surface area contributed by atoms with Gasteiger partial charge in [0.2, 0.25) is 0 Å². The lowest BCUT2D eigenvalue weighted by molar-refractivity contribution is 0.665. The molecule has 0 aliphatic carbocycles. The van der Waals surface area contributed by atoms with Gasteiger partial charge in [-0.1, -0.05) is 0 Å². The van der Waals surface area contributed by atoms with Gasteiger partial charge in [-0.05, 0) is 0 Å². The van der Waals surface area contributed by atoms with E-state index < -0.39 is 0 Å². The fourth-order valence-electron chi connectivity index (χ4n) is 2.03. The summed E-state index contributed by atoms with van der Waals surface area (Å²) >= 11 is 0. The zero-order valence-corrected chi connectivity index (χ0v) is 8.41. The van der Waals surface area contributed by atoms with Crippen LogP contribution in [0.2, 0.25) is 0 Å². The maximum atomic E-state index is 3.25. The summed E-state index contributed by atoms with van der Waals surface area (Å²) in [7, 11) is 0. The van der Waals surface area contributed by atoms with Crippen molar-refractivity contribution in [1.82, 2.24) is 42.5 Å². The van der Waals surface area contributed by atoms with Crippen LogP contribution in [0.25, 0.3) is 0 Å². The Balaban J connectivity index is 1.56. The van der Waals surface area contributed by atoms with Gasteiger partial charge in [-0.25, -0.2) is 0 Å². The van der Waals surface area contributed by atoms with E-state index in [0.29, 0.717) is 0 Å². The Morgan fingerprint density at radius 2 is 0.750 bits per heavy atom. The van der Waals surface area contributed by atoms with Crippen LogP contribution in [-0.2, 0) is 0 Å². The van der Waals surface area contributed by atoms with Crippen molar-refractivity contribution in [2.24, 2.45) is 0 Å². The molecule has 4 heterocycles. The molecule has 4 aliphatic rings. The summed E-state index contributed by atoms with van der Waals surface area (Å²) in [4.78, 5) is 0. The van der Waals surface area contributed by atoms with Gasteiger partial charge in [0.15, 0.2) is 11.6 Å². The second kappa shape index (κ2) is 2.60. The first-order valence-corrected chi connectivity index (χ1v) is 5.16. The number of nitrogens with one attached hydrogen (secondary N) is 8. The molecule has 0 atom stereocenters. The molecule has 0 aromatic rings. The number of hydrogen-bond acceptors (Lipinski definition) is 8. The van der Waals surface area contributed by atoms with Gasteiger partial charge < -0.3 is 42.5 Å². The first-order chi connectivity index (χ1) is 7.90. The molecule has 0 saturated carbocycles. The van der Waals surface area contributed by atoms with E-state index in [4.69, 9.17) is 0 Å². The molecule has 0 aromatic carbocycles. The van der Waals surface area contributed by atoms with Gasteiger partial charge >= 0.3 is 0 Å². The Morgan fingerprint density at radius 1 is 0.438 bits per heavy atom. The van der Waals surface area contributed by atoms with Crippen LogP contribution in [-0.4, -0.2) is 13.3 Å². The summed E-state index contributed by atoms with van der Waals surface area (Å²) in [6.07, 6.45) is 0. The van der Waals surface area contributed by atoms with Crippen molar-refractivity contribution >= 4 is 0 Å². The van der Waals surface area contributed by atoms with Crippen LogP contribution in [0.3, 0.4) is 0 Å². The van der Waals surface area contributed by atoms with Gasteiger partial charge in [0.25, 0.3) is 0 Å². The SMILES string of the molecule is C1NC2=C(N1)NC(=C1NC3=C(NCN3)N1)N2. The van der Waals surface area contributed by atoms with Crippen LogP contribution >= 0.6 is 0 Å². The van der Waals surface area contributed by atoms with Crippen molar-refractivity contribution in [1.29, 1.82) is 0 Å². The van der Waals surface area contributed by atoms with Gasteiger partial charge in [-0.15, -0.1) is 0 Å². The summed E-state index contributed by atoms with van der Waals surface area (Å²) in [6, 6.07) is 0. The fourth-order valence-corrected chi connectivity index (χ4v) is 2.03. The van der Waals surface area contributed by atoms with Crippen LogP contribution < -0.4 is 42.5 Å². The van der Waals surface area contributed by atoms with E-state index in [1.165, 1.54) is 0 Å². The largest absolute Gasteiger partial charge is 0.351 e. The molecule has 0 fully saturated rings. The third kappa shape index (κ3) is 0.926. The van der Waals surface area contributed by atoms with E-state index in [1.54, 1.807) is 0 Å². The Kier molecular flexibility index (Phi) is 1.27. The maximum absolute atomic E-state index is 3.25. The third-order valence-electron chi connectivity index (χ3n) is 2.81. The maximum Gasteiger partial charge on any atom is 0.152 e. The topological polar surface area (TPSA) is 96.2 Å². The quantitative estimate of drug-likeness (QED) is 0.220. The standard InChI is InChI=1S/C8H12N8/c1-9-3-4(10-1)14-7(13-3)8-15-5-6(16-8)12-2-11-5/h9-16H,1-2H2. The second-order valence-electron chi connectivity index (χ2n) is 3.81. The number of hydrogen-bond donors (Lipinski definition) is 8. The molecule has 16 heavy (non-hydrogen) atoms. The first kappa shape index (κ1) is 7.85. The lowest BCUT2D eigenvalue weighted by Crippen LogP contribution is -2.36. The van der Waals surface area contributed by atoms with Crippen LogP contribution in [0, 0.1) is 0 Å². The highest BCUT2D eigenvalue weighted by Gasteiger charge is 2.29. The molecule has 0 saturated heterocycles. The molecule has 4 rings (SSSR count). The molecule has 8 N–H and O–H groups in total. The van der Waals surface area contributed by atoms with Gasteiger partial charge in [-0.2, -0.15) is 0 Å². The van der Waals surface area contributed by atoms with E-state index in [-0.39, 0.29) is 0 Å². The fraction of sp³-hybridized carbons (Fsp3) is 0.250. The molecule has 8 nitrogen and oxygen atoms in total. The van der Waals surface area contributed by atoms with E-state index in [2.05, 4.69) is 42.5 Å². The van der Waals surface area contributed by atoms with Gasteiger partial charge in [-0.3, -0.25) is 0 Å². The predicted octanol–water partition coefficient (Wildman–Crippen LogP) is -2.95. The highest BCUT2D eigenvalue weighted by molar-refractivity contribution is 5.36. The average molecular weight is 220 g/mol. The van der Waals surface area contributed by atoms with Crippen molar-refractivity contribution in [3.05, 3.63) is 34.9 Å². The lowest BCUT2D eigenvalue weighted by atomic mass is 10.6. The predicted molar refractivity (Wildman–Crippen MR) is 55.9 cm³/mol. The first-order valence-electron chi connectivity index (χ1n) is 5.16. The van der Waals surface area contributed by atoms with Crippen molar-refractivity contribution in [3.8, 4) is 0 Å². The zero-order chi connectivity index (χ0) is 10.5. The van der Waals surface area contributed by atoms with Crippen LogP contribution in [0.4, 0.5) is 0 Å². The molecule has 0 unspecified atom stereocenters. The summed E-state index contributed by atoms with van der Waals surface area (Å²) < 4.78 is 0. The van der Waals surface area contributed by atoms with Crippen LogP contribution in [0.1, 0.15) is 0 Å². The zero-order valence-electron chi connectivity index (χ0n) is 8.41. The Labute approximate surface area is 91.6 Å². The summed E-state index contributed by atoms with van der Waals surface area (Å²) in [6.45, 7) is 1.51. The molecule has 84 valence electrons. The lowest BCUT2D eigenvalue weighted by Gasteiger charge is -2.13. The smallest absolute Gasteiger partial charge is 0.152 e. The molecule has 0 aromatic heterocycles. The summed E-state index contributed by atoms with van der Waals surface area (Å²) in [5.74, 6) is 5.75. The molecular formula is C8H12N8. The van der Waals surface area contributed by atoms with Crippen molar-refractivity contribution in [3.63, 3.8) is 0 Å². The van der Waals surface area contributed by atoms with Gasteiger partial charge in [0.1, 0.15) is 23.3 Å². The average Bonchev–Trinajstić information content (AvgIpc) is 2.94. The van der Waals surface area contributed by atoms with E-state index in [1.807, 2.05) is 0 Å². The van der Waals surface area contributed by atoms with Gasteiger partial charge in [0.05, 0.1) is 13.3 Å². The molecule has 0 spiro atoms. The Bertz CT molecular complexity index is 381. The highest BCUT2D eigenvalue weighted by atomic mass is 15.4. The molecule has 0 radical (unpaired) electrons. The molecular weight excluding hydrogens is 208 g/mol. The van der Waals surface area contributed by atoms with Crippen LogP contribution in [0.15, 0.2) is 34.9 Å². The molecule has 0 amide bonds. The summed E-state index contributed by atoms with van der Waals surface area (Å²) in [5, 5.41) is 25.7. The third-order valence-corrected chi connectivity index (χ3v) is 2.81. The van der Waals surface area contributed by atoms with E-state index in [0.717, 1.165) is 48.3 Å². The minimum Gasteiger partial charge on any atom is -0.351 e. The van der Waals surface area contributed by atoms with Crippen molar-refractivity contribution in [2.45, 2.75) is 0 Å². The van der Waals surface area contributed by atoms with Gasteiger partial charge in [0, 0.05) is 0 Å². The summed E-state index contributed by atoms with van der Waals surface area (Å²) in [5.41, 5.74) is 0. The second-order valence-corrected chi connectivity index (χ2v) is 3.81. The highest BCUT2D eigenvalue weighted by Crippen LogP contribution is 2.15. The van der Waals surface area contributed by atoms with Crippen molar-refractivity contribution in [2.75, 3.05) is 13.3 Å². The minimum atomic E-state index is 0.756. The van der Waals surface area contributed by atoms with Crippen molar-refractivity contribution < 1.29 is 0 Å².